The van der Waals surface area contributed by atoms with Crippen LogP contribution in [-0.2, 0) is 4.74 Å². The molecule has 0 bridgehead atoms. The van der Waals surface area contributed by atoms with E-state index in [2.05, 4.69) is 22.5 Å². The van der Waals surface area contributed by atoms with E-state index >= 15 is 0 Å². The van der Waals surface area contributed by atoms with Crippen molar-refractivity contribution >= 4 is 6.09 Å². The second-order valence-electron chi connectivity index (χ2n) is 5.39. The van der Waals surface area contributed by atoms with E-state index in [-0.39, 0.29) is 12.1 Å². The van der Waals surface area contributed by atoms with Crippen LogP contribution in [0.2, 0.25) is 0 Å². The van der Waals surface area contributed by atoms with Gasteiger partial charge in [-0.3, -0.25) is 4.98 Å². The Morgan fingerprint density at radius 3 is 2.74 bits per heavy atom. The monoisotopic (exact) mass is 265 g/mol. The van der Waals surface area contributed by atoms with E-state index in [0.29, 0.717) is 13.1 Å². The van der Waals surface area contributed by atoms with Crippen LogP contribution >= 0.6 is 0 Å². The number of ether oxygens (including phenoxy) is 1. The Bertz CT molecular complexity index is 387. The number of pyridine rings is 1. The molecule has 106 valence electrons. The van der Waals surface area contributed by atoms with E-state index in [9.17, 15) is 4.79 Å². The molecular weight excluding hydrogens is 242 g/mol. The van der Waals surface area contributed by atoms with Crippen LogP contribution in [-0.4, -0.2) is 29.8 Å². The third kappa shape index (κ3) is 6.76. The molecule has 0 aromatic carbocycles. The lowest BCUT2D eigenvalue weighted by Gasteiger charge is -2.20. The average Bonchev–Trinajstić information content (AvgIpc) is 2.33. The topological polar surface area (TPSA) is 63.2 Å². The van der Waals surface area contributed by atoms with Gasteiger partial charge in [-0.15, -0.1) is 0 Å². The molecule has 0 aliphatic rings. The van der Waals surface area contributed by atoms with Gasteiger partial charge in [-0.25, -0.2) is 4.79 Å². The molecule has 1 heterocycles. The number of carbonyl (C=O) groups is 1. The number of carbonyl (C=O) groups excluding carboxylic acids is 1. The maximum Gasteiger partial charge on any atom is 0.407 e. The summed E-state index contributed by atoms with van der Waals surface area (Å²) in [5.74, 6) is 0. The minimum absolute atomic E-state index is 0.203. The fraction of sp³-hybridized carbons (Fsp3) is 0.571. The lowest BCUT2D eigenvalue weighted by Crippen LogP contribution is -2.36. The predicted octanol–water partition coefficient (Wildman–Crippen LogP) is 2.26. The fourth-order valence-electron chi connectivity index (χ4n) is 1.52. The molecule has 19 heavy (non-hydrogen) atoms. The molecule has 0 aliphatic carbocycles. The predicted molar refractivity (Wildman–Crippen MR) is 74.9 cm³/mol. The Morgan fingerprint density at radius 1 is 1.42 bits per heavy atom. The molecule has 0 radical (unpaired) electrons. The first-order valence-corrected chi connectivity index (χ1v) is 6.48. The van der Waals surface area contributed by atoms with Gasteiger partial charge in [-0.1, -0.05) is 6.07 Å². The second kappa shape index (κ2) is 7.09. The van der Waals surface area contributed by atoms with Crippen LogP contribution in [0.1, 0.15) is 39.3 Å². The van der Waals surface area contributed by atoms with E-state index in [1.807, 2.05) is 39.1 Å². The number of hydrogen-bond acceptors (Lipinski definition) is 4. The summed E-state index contributed by atoms with van der Waals surface area (Å²) in [6.07, 6.45) is 3.20. The van der Waals surface area contributed by atoms with Crippen LogP contribution in [0.4, 0.5) is 4.79 Å². The number of nitrogens with zero attached hydrogens (tertiary/aromatic N) is 1. The van der Waals surface area contributed by atoms with Crippen molar-refractivity contribution in [3.8, 4) is 0 Å². The maximum atomic E-state index is 11.4. The van der Waals surface area contributed by atoms with Crippen molar-refractivity contribution in [3.63, 3.8) is 0 Å². The van der Waals surface area contributed by atoms with Crippen molar-refractivity contribution in [1.82, 2.24) is 15.6 Å². The molecule has 2 N–H and O–H groups in total. The van der Waals surface area contributed by atoms with Gasteiger partial charge < -0.3 is 15.4 Å². The molecule has 0 aliphatic heterocycles. The van der Waals surface area contributed by atoms with Gasteiger partial charge in [0.15, 0.2) is 0 Å². The molecule has 1 rings (SSSR count). The molecular formula is C14H23N3O2. The second-order valence-corrected chi connectivity index (χ2v) is 5.39. The van der Waals surface area contributed by atoms with Gasteiger partial charge in [0.25, 0.3) is 0 Å². The van der Waals surface area contributed by atoms with Gasteiger partial charge in [0.2, 0.25) is 0 Å². The van der Waals surface area contributed by atoms with Crippen LogP contribution in [0.5, 0.6) is 0 Å². The van der Waals surface area contributed by atoms with Crippen molar-refractivity contribution < 1.29 is 9.53 Å². The van der Waals surface area contributed by atoms with Crippen LogP contribution in [0.15, 0.2) is 24.5 Å². The molecule has 1 aromatic heterocycles. The Balaban J connectivity index is 2.19. The first-order chi connectivity index (χ1) is 8.88. The van der Waals surface area contributed by atoms with Gasteiger partial charge in [-0.2, -0.15) is 0 Å². The summed E-state index contributed by atoms with van der Waals surface area (Å²) in [7, 11) is 0. The lowest BCUT2D eigenvalue weighted by molar-refractivity contribution is 0.0528. The highest BCUT2D eigenvalue weighted by atomic mass is 16.6. The molecule has 0 saturated heterocycles. The van der Waals surface area contributed by atoms with Crippen LogP contribution in [0, 0.1) is 0 Å². The van der Waals surface area contributed by atoms with Gasteiger partial charge in [0.05, 0.1) is 0 Å². The smallest absolute Gasteiger partial charge is 0.407 e. The van der Waals surface area contributed by atoms with E-state index in [1.165, 1.54) is 0 Å². The summed E-state index contributed by atoms with van der Waals surface area (Å²) in [5.41, 5.74) is 0.667. The van der Waals surface area contributed by atoms with Crippen LogP contribution < -0.4 is 10.6 Å². The highest BCUT2D eigenvalue weighted by Gasteiger charge is 2.15. The van der Waals surface area contributed by atoms with Crippen molar-refractivity contribution in [2.45, 2.75) is 39.3 Å². The summed E-state index contributed by atoms with van der Waals surface area (Å²) >= 11 is 0. The minimum Gasteiger partial charge on any atom is -0.444 e. The number of hydrogen-bond donors (Lipinski definition) is 2. The number of aromatic nitrogens is 1. The van der Waals surface area contributed by atoms with Crippen LogP contribution in [0.3, 0.4) is 0 Å². The number of rotatable bonds is 5. The van der Waals surface area contributed by atoms with Crippen LogP contribution in [0.25, 0.3) is 0 Å². The lowest BCUT2D eigenvalue weighted by atomic mass is 10.1. The highest BCUT2D eigenvalue weighted by molar-refractivity contribution is 5.67. The summed E-state index contributed by atoms with van der Waals surface area (Å²) in [6, 6.07) is 4.13. The first kappa shape index (κ1) is 15.4. The Labute approximate surface area is 114 Å². The maximum absolute atomic E-state index is 11.4. The molecule has 0 fully saturated rings. The number of alkyl carbamates (subject to hydrolysis) is 1. The summed E-state index contributed by atoms with van der Waals surface area (Å²) < 4.78 is 5.14. The average molecular weight is 265 g/mol. The van der Waals surface area contributed by atoms with Gasteiger partial charge in [0.1, 0.15) is 5.60 Å². The first-order valence-electron chi connectivity index (χ1n) is 6.48. The third-order valence-electron chi connectivity index (χ3n) is 2.43. The zero-order chi connectivity index (χ0) is 14.3. The third-order valence-corrected chi connectivity index (χ3v) is 2.43. The van der Waals surface area contributed by atoms with Gasteiger partial charge >= 0.3 is 6.09 Å². The number of amides is 1. The zero-order valence-electron chi connectivity index (χ0n) is 12.1. The molecule has 1 unspecified atom stereocenters. The summed E-state index contributed by atoms with van der Waals surface area (Å²) in [5, 5.41) is 6.01. The largest absolute Gasteiger partial charge is 0.444 e. The van der Waals surface area contributed by atoms with E-state index in [0.717, 1.165) is 5.56 Å². The molecule has 5 heteroatoms. The summed E-state index contributed by atoms with van der Waals surface area (Å²) in [4.78, 5) is 15.5. The zero-order valence-corrected chi connectivity index (χ0v) is 12.1. The molecule has 1 atom stereocenters. The number of nitrogens with one attached hydrogen (secondary N) is 2. The molecule has 0 spiro atoms. The Morgan fingerprint density at radius 2 is 2.16 bits per heavy atom. The van der Waals surface area contributed by atoms with E-state index in [4.69, 9.17) is 4.74 Å². The SMILES string of the molecule is CC(NCCNC(=O)OC(C)(C)C)c1cccnc1. The van der Waals surface area contributed by atoms with Crippen molar-refractivity contribution in [2.75, 3.05) is 13.1 Å². The van der Waals surface area contributed by atoms with Crippen molar-refractivity contribution in [2.24, 2.45) is 0 Å². The van der Waals surface area contributed by atoms with E-state index in [1.54, 1.807) is 6.20 Å². The van der Waals surface area contributed by atoms with Gasteiger partial charge in [-0.05, 0) is 39.3 Å². The highest BCUT2D eigenvalue weighted by Crippen LogP contribution is 2.09. The summed E-state index contributed by atoms with van der Waals surface area (Å²) in [6.45, 7) is 8.79. The molecule has 1 aromatic rings. The van der Waals surface area contributed by atoms with E-state index < -0.39 is 5.60 Å². The standard InChI is InChI=1S/C14H23N3O2/c1-11(12-6-5-7-15-10-12)16-8-9-17-13(18)19-14(2,3)4/h5-7,10-11,16H,8-9H2,1-4H3,(H,17,18). The minimum atomic E-state index is -0.458. The fourth-order valence-corrected chi connectivity index (χ4v) is 1.52. The Hall–Kier alpha value is -1.62. The van der Waals surface area contributed by atoms with Crippen molar-refractivity contribution in [3.05, 3.63) is 30.1 Å². The molecule has 1 amide bonds. The molecule has 5 nitrogen and oxygen atoms in total. The molecule has 0 saturated carbocycles. The van der Waals surface area contributed by atoms with Crippen molar-refractivity contribution in [1.29, 1.82) is 0 Å². The quantitative estimate of drug-likeness (QED) is 0.802. The normalized spacial score (nSPS) is 12.8. The Kier molecular flexibility index (Phi) is 5.76. The van der Waals surface area contributed by atoms with Gasteiger partial charge in [0, 0.05) is 31.5 Å².